The lowest BCUT2D eigenvalue weighted by Crippen LogP contribution is -2.11. The molecule has 0 saturated carbocycles. The number of fused-ring (bicyclic) bond motifs is 2. The molecule has 0 spiro atoms. The van der Waals surface area contributed by atoms with Crippen molar-refractivity contribution in [3.8, 4) is 0 Å². The lowest BCUT2D eigenvalue weighted by molar-refractivity contribution is 0.0500. The molecule has 0 amide bonds. The zero-order valence-corrected chi connectivity index (χ0v) is 15.9. The van der Waals surface area contributed by atoms with Crippen molar-refractivity contribution >= 4 is 37.5 Å². The Labute approximate surface area is 157 Å². The van der Waals surface area contributed by atoms with Crippen molar-refractivity contribution in [1.29, 1.82) is 0 Å². The van der Waals surface area contributed by atoms with E-state index in [1.54, 1.807) is 6.07 Å². The van der Waals surface area contributed by atoms with Gasteiger partial charge in [-0.1, -0.05) is 57.2 Å². The summed E-state index contributed by atoms with van der Waals surface area (Å²) in [5.41, 5.74) is 0.280. The normalized spacial score (nSPS) is 11.1. The average molecular weight is 368 g/mol. The van der Waals surface area contributed by atoms with E-state index in [4.69, 9.17) is 4.74 Å². The number of rotatable bonds is 8. The lowest BCUT2D eigenvalue weighted by atomic mass is 10.1. The quantitative estimate of drug-likeness (QED) is 0.281. The Balaban J connectivity index is 1.76. The Kier molecular flexibility index (Phi) is 6.40. The highest BCUT2D eigenvalue weighted by molar-refractivity contribution is 7.24. The molecule has 1 aromatic heterocycles. The van der Waals surface area contributed by atoms with Crippen LogP contribution >= 0.6 is 11.3 Å². The van der Waals surface area contributed by atoms with E-state index in [1.807, 2.05) is 36.4 Å². The van der Waals surface area contributed by atoms with E-state index in [1.165, 1.54) is 37.0 Å². The lowest BCUT2D eigenvalue weighted by Gasteiger charge is -2.08. The largest absolute Gasteiger partial charge is 0.462 e. The van der Waals surface area contributed by atoms with Gasteiger partial charge in [-0.05, 0) is 30.7 Å². The Bertz CT molecular complexity index is 958. The Morgan fingerprint density at radius 2 is 1.65 bits per heavy atom. The minimum Gasteiger partial charge on any atom is -0.462 e. The van der Waals surface area contributed by atoms with Gasteiger partial charge in [-0.25, -0.2) is 4.79 Å². The van der Waals surface area contributed by atoms with Gasteiger partial charge in [0.2, 0.25) is 0 Å². The fraction of sp³-hybridized carbons (Fsp3) is 0.364. The summed E-state index contributed by atoms with van der Waals surface area (Å²) in [5, 5.41) is 1.13. The molecule has 0 atom stereocenters. The summed E-state index contributed by atoms with van der Waals surface area (Å²) in [7, 11) is 0. The number of hydrogen-bond donors (Lipinski definition) is 0. The van der Waals surface area contributed by atoms with Gasteiger partial charge in [0.05, 0.1) is 17.6 Å². The molecule has 0 unspecified atom stereocenters. The van der Waals surface area contributed by atoms with Gasteiger partial charge in [0.15, 0.2) is 5.43 Å². The molecule has 0 aliphatic heterocycles. The second-order valence-electron chi connectivity index (χ2n) is 6.51. The first-order valence-electron chi connectivity index (χ1n) is 9.34. The smallest absolute Gasteiger partial charge is 0.338 e. The predicted molar refractivity (Wildman–Crippen MR) is 109 cm³/mol. The SMILES string of the molecule is CCCCCCCCOC(=O)c1cccc2sc3ccccc3c(=O)c12. The van der Waals surface area contributed by atoms with Crippen LogP contribution in [0.5, 0.6) is 0 Å². The topological polar surface area (TPSA) is 43.4 Å². The molecular weight excluding hydrogens is 344 g/mol. The number of carbonyl (C=O) groups excluding carboxylic acids is 1. The summed E-state index contributed by atoms with van der Waals surface area (Å²) in [6.07, 6.45) is 6.85. The van der Waals surface area contributed by atoms with Crippen LogP contribution in [0.15, 0.2) is 47.3 Å². The van der Waals surface area contributed by atoms with Crippen LogP contribution in [0.25, 0.3) is 20.2 Å². The highest BCUT2D eigenvalue weighted by Gasteiger charge is 2.16. The predicted octanol–water partition coefficient (Wildman–Crippen LogP) is 5.93. The summed E-state index contributed by atoms with van der Waals surface area (Å²) in [4.78, 5) is 25.4. The van der Waals surface area contributed by atoms with Crippen molar-refractivity contribution in [2.75, 3.05) is 6.61 Å². The van der Waals surface area contributed by atoms with Crippen molar-refractivity contribution in [2.45, 2.75) is 45.4 Å². The standard InChI is InChI=1S/C22H24O3S/c1-2-3-4-5-6-9-15-25-22(24)17-12-10-14-19-20(17)21(23)16-11-7-8-13-18(16)26-19/h7-8,10-14H,2-6,9,15H2,1H3. The van der Waals surface area contributed by atoms with Crippen molar-refractivity contribution in [3.05, 3.63) is 58.3 Å². The summed E-state index contributed by atoms with van der Waals surface area (Å²) < 4.78 is 7.19. The summed E-state index contributed by atoms with van der Waals surface area (Å²) >= 11 is 1.53. The first-order chi connectivity index (χ1) is 12.7. The molecule has 0 saturated heterocycles. The summed E-state index contributed by atoms with van der Waals surface area (Å²) in [6.45, 7) is 2.60. The molecule has 3 aromatic rings. The Hall–Kier alpha value is -2.20. The van der Waals surface area contributed by atoms with Crippen LogP contribution in [-0.4, -0.2) is 12.6 Å². The monoisotopic (exact) mass is 368 g/mol. The van der Waals surface area contributed by atoms with Gasteiger partial charge in [-0.3, -0.25) is 4.79 Å². The van der Waals surface area contributed by atoms with E-state index in [0.29, 0.717) is 22.9 Å². The molecular formula is C22H24O3S. The Morgan fingerprint density at radius 1 is 0.923 bits per heavy atom. The van der Waals surface area contributed by atoms with E-state index < -0.39 is 5.97 Å². The maximum atomic E-state index is 12.9. The van der Waals surface area contributed by atoms with Gasteiger partial charge >= 0.3 is 5.97 Å². The second-order valence-corrected chi connectivity index (χ2v) is 7.59. The van der Waals surface area contributed by atoms with Gasteiger partial charge in [0, 0.05) is 14.8 Å². The zero-order chi connectivity index (χ0) is 18.4. The van der Waals surface area contributed by atoms with Crippen molar-refractivity contribution < 1.29 is 9.53 Å². The molecule has 4 heteroatoms. The van der Waals surface area contributed by atoms with Crippen LogP contribution in [0.3, 0.4) is 0 Å². The molecule has 26 heavy (non-hydrogen) atoms. The molecule has 0 aliphatic carbocycles. The third-order valence-corrected chi connectivity index (χ3v) is 5.69. The van der Waals surface area contributed by atoms with E-state index in [9.17, 15) is 9.59 Å². The zero-order valence-electron chi connectivity index (χ0n) is 15.1. The minimum absolute atomic E-state index is 0.0959. The van der Waals surface area contributed by atoms with Crippen LogP contribution in [0.2, 0.25) is 0 Å². The van der Waals surface area contributed by atoms with Gasteiger partial charge in [0.1, 0.15) is 0 Å². The fourth-order valence-electron chi connectivity index (χ4n) is 3.14. The number of ether oxygens (including phenoxy) is 1. The van der Waals surface area contributed by atoms with E-state index in [-0.39, 0.29) is 5.43 Å². The minimum atomic E-state index is -0.399. The summed E-state index contributed by atoms with van der Waals surface area (Å²) in [6, 6.07) is 12.9. The third-order valence-electron chi connectivity index (χ3n) is 4.56. The van der Waals surface area contributed by atoms with E-state index >= 15 is 0 Å². The highest BCUT2D eigenvalue weighted by atomic mass is 32.1. The number of carbonyl (C=O) groups is 1. The average Bonchev–Trinajstić information content (AvgIpc) is 2.67. The van der Waals surface area contributed by atoms with E-state index in [2.05, 4.69) is 6.92 Å². The first-order valence-corrected chi connectivity index (χ1v) is 10.2. The number of unbranched alkanes of at least 4 members (excludes halogenated alkanes) is 5. The highest BCUT2D eigenvalue weighted by Crippen LogP contribution is 2.26. The molecule has 1 heterocycles. The van der Waals surface area contributed by atoms with Crippen LogP contribution < -0.4 is 5.43 Å². The number of hydrogen-bond acceptors (Lipinski definition) is 4. The van der Waals surface area contributed by atoms with Crippen molar-refractivity contribution in [2.24, 2.45) is 0 Å². The molecule has 2 aromatic carbocycles. The molecule has 0 aliphatic rings. The molecule has 0 fully saturated rings. The van der Waals surface area contributed by atoms with Crippen LogP contribution in [-0.2, 0) is 4.74 Å². The van der Waals surface area contributed by atoms with Crippen molar-refractivity contribution in [1.82, 2.24) is 0 Å². The van der Waals surface area contributed by atoms with Gasteiger partial charge < -0.3 is 4.74 Å². The van der Waals surface area contributed by atoms with Crippen LogP contribution in [0, 0.1) is 0 Å². The maximum Gasteiger partial charge on any atom is 0.338 e. The van der Waals surface area contributed by atoms with Crippen molar-refractivity contribution in [3.63, 3.8) is 0 Å². The van der Waals surface area contributed by atoms with Gasteiger partial charge in [-0.15, -0.1) is 11.3 Å². The molecule has 3 rings (SSSR count). The Morgan fingerprint density at radius 3 is 2.50 bits per heavy atom. The molecule has 136 valence electrons. The molecule has 0 radical (unpaired) electrons. The van der Waals surface area contributed by atoms with Crippen LogP contribution in [0.1, 0.15) is 55.8 Å². The third kappa shape index (κ3) is 4.13. The number of benzene rings is 2. The molecule has 0 bridgehead atoms. The van der Waals surface area contributed by atoms with E-state index in [0.717, 1.165) is 22.2 Å². The fourth-order valence-corrected chi connectivity index (χ4v) is 4.25. The molecule has 0 N–H and O–H groups in total. The molecule has 3 nitrogen and oxygen atoms in total. The van der Waals surface area contributed by atoms with Gasteiger partial charge in [-0.2, -0.15) is 0 Å². The second kappa shape index (κ2) is 8.95. The number of esters is 1. The summed E-state index contributed by atoms with van der Waals surface area (Å²) in [5.74, 6) is -0.399. The first kappa shape index (κ1) is 18.6. The van der Waals surface area contributed by atoms with Gasteiger partial charge in [0.25, 0.3) is 0 Å². The maximum absolute atomic E-state index is 12.9. The van der Waals surface area contributed by atoms with Crippen LogP contribution in [0.4, 0.5) is 0 Å².